The van der Waals surface area contributed by atoms with E-state index < -0.39 is 0 Å². The number of aromatic nitrogens is 3. The molecule has 1 saturated heterocycles. The van der Waals surface area contributed by atoms with Gasteiger partial charge in [-0.05, 0) is 31.0 Å². The zero-order chi connectivity index (χ0) is 21.7. The van der Waals surface area contributed by atoms with E-state index >= 15 is 0 Å². The van der Waals surface area contributed by atoms with Crippen LogP contribution < -0.4 is 9.47 Å². The highest BCUT2D eigenvalue weighted by molar-refractivity contribution is 6.38. The van der Waals surface area contributed by atoms with Crippen molar-refractivity contribution in [3.05, 3.63) is 46.2 Å². The molecule has 10 heteroatoms. The maximum atomic E-state index is 13.3. The average Bonchev–Trinajstić information content (AvgIpc) is 3.47. The van der Waals surface area contributed by atoms with Crippen LogP contribution in [0.15, 0.2) is 24.4 Å². The van der Waals surface area contributed by atoms with Gasteiger partial charge in [-0.2, -0.15) is 5.10 Å². The number of benzene rings is 1. The van der Waals surface area contributed by atoms with Crippen LogP contribution in [0.2, 0.25) is 5.02 Å². The number of carbonyl (C=O) groups is 2. The van der Waals surface area contributed by atoms with Crippen molar-refractivity contribution in [2.75, 3.05) is 19.9 Å². The summed E-state index contributed by atoms with van der Waals surface area (Å²) in [5.74, 6) is 0.765. The number of hydrazine groups is 1. The number of fused-ring (bicyclic) bond motifs is 2. The lowest BCUT2D eigenvalue weighted by atomic mass is 10.1. The van der Waals surface area contributed by atoms with Crippen LogP contribution in [0, 0.1) is 6.92 Å². The standard InChI is InChI=1S/C21H20ClN5O4/c1-12-18-19(22)14(10-23-20(18)25(2)24-12)21(29)27-7-3-6-26(27)17(28)9-13-4-5-15-16(8-13)31-11-30-15/h4-5,8,10H,3,6-7,9,11H2,1-2H3. The smallest absolute Gasteiger partial charge is 0.275 e. The molecule has 2 aliphatic heterocycles. The van der Waals surface area contributed by atoms with Gasteiger partial charge in [0.25, 0.3) is 5.91 Å². The molecule has 1 aromatic carbocycles. The molecule has 9 nitrogen and oxygen atoms in total. The van der Waals surface area contributed by atoms with E-state index in [1.54, 1.807) is 23.9 Å². The van der Waals surface area contributed by atoms with Crippen molar-refractivity contribution in [2.45, 2.75) is 19.8 Å². The Morgan fingerprint density at radius 2 is 1.94 bits per heavy atom. The van der Waals surface area contributed by atoms with E-state index in [4.69, 9.17) is 21.1 Å². The Hall–Kier alpha value is -3.33. The van der Waals surface area contributed by atoms with Crippen molar-refractivity contribution in [3.8, 4) is 11.5 Å². The van der Waals surface area contributed by atoms with Crippen LogP contribution in [-0.4, -0.2) is 56.5 Å². The molecule has 2 amide bonds. The summed E-state index contributed by atoms with van der Waals surface area (Å²) in [6, 6.07) is 5.41. The van der Waals surface area contributed by atoms with E-state index in [0.29, 0.717) is 52.8 Å². The van der Waals surface area contributed by atoms with Crippen LogP contribution in [0.25, 0.3) is 11.0 Å². The molecule has 0 atom stereocenters. The van der Waals surface area contributed by atoms with Crippen molar-refractivity contribution >= 4 is 34.4 Å². The Morgan fingerprint density at radius 1 is 1.16 bits per heavy atom. The number of aryl methyl sites for hydroxylation is 2. The predicted molar refractivity (Wildman–Crippen MR) is 112 cm³/mol. The van der Waals surface area contributed by atoms with Gasteiger partial charge in [-0.25, -0.2) is 9.99 Å². The fraction of sp³-hybridized carbons (Fsp3) is 0.333. The molecule has 0 N–H and O–H groups in total. The first kappa shape index (κ1) is 19.6. The van der Waals surface area contributed by atoms with Crippen LogP contribution in [0.5, 0.6) is 11.5 Å². The highest BCUT2D eigenvalue weighted by atomic mass is 35.5. The van der Waals surface area contributed by atoms with Gasteiger partial charge in [0.2, 0.25) is 12.7 Å². The molecule has 160 valence electrons. The SMILES string of the molecule is Cc1nn(C)c2ncc(C(=O)N3CCCN3C(=O)Cc3ccc4c(c3)OCO4)c(Cl)c12. The van der Waals surface area contributed by atoms with E-state index in [1.165, 1.54) is 16.2 Å². The number of rotatable bonds is 3. The quantitative estimate of drug-likeness (QED) is 0.620. The van der Waals surface area contributed by atoms with Crippen molar-refractivity contribution in [2.24, 2.45) is 7.05 Å². The van der Waals surface area contributed by atoms with Crippen LogP contribution in [0.3, 0.4) is 0 Å². The summed E-state index contributed by atoms with van der Waals surface area (Å²) in [7, 11) is 1.77. The van der Waals surface area contributed by atoms with Crippen LogP contribution in [-0.2, 0) is 18.3 Å². The third-order valence-electron chi connectivity index (χ3n) is 5.54. The predicted octanol–water partition coefficient (Wildman–Crippen LogP) is 2.49. The molecule has 0 bridgehead atoms. The average molecular weight is 442 g/mol. The second-order valence-corrected chi connectivity index (χ2v) is 7.93. The third kappa shape index (κ3) is 3.25. The minimum atomic E-state index is -0.348. The monoisotopic (exact) mass is 441 g/mol. The van der Waals surface area contributed by atoms with Gasteiger partial charge in [-0.3, -0.25) is 19.3 Å². The minimum Gasteiger partial charge on any atom is -0.454 e. The van der Waals surface area contributed by atoms with E-state index in [1.807, 2.05) is 13.0 Å². The molecule has 0 aliphatic carbocycles. The molecule has 2 aliphatic rings. The molecular formula is C21H20ClN5O4. The number of amides is 2. The molecule has 3 aromatic rings. The van der Waals surface area contributed by atoms with Gasteiger partial charge in [0.05, 0.1) is 28.1 Å². The number of ether oxygens (including phenoxy) is 2. The maximum Gasteiger partial charge on any atom is 0.275 e. The van der Waals surface area contributed by atoms with Gasteiger partial charge in [-0.15, -0.1) is 0 Å². The topological polar surface area (TPSA) is 89.8 Å². The molecule has 0 unspecified atom stereocenters. The number of halogens is 1. The Bertz CT molecular complexity index is 1220. The summed E-state index contributed by atoms with van der Waals surface area (Å²) in [5.41, 5.74) is 2.35. The third-order valence-corrected chi connectivity index (χ3v) is 5.93. The molecule has 1 fully saturated rings. The Morgan fingerprint density at radius 3 is 2.77 bits per heavy atom. The van der Waals surface area contributed by atoms with E-state index in [-0.39, 0.29) is 30.6 Å². The molecule has 0 saturated carbocycles. The van der Waals surface area contributed by atoms with Gasteiger partial charge in [0, 0.05) is 26.3 Å². The second kappa shape index (κ2) is 7.42. The van der Waals surface area contributed by atoms with Gasteiger partial charge in [-0.1, -0.05) is 17.7 Å². The van der Waals surface area contributed by atoms with Crippen molar-refractivity contribution in [3.63, 3.8) is 0 Å². The van der Waals surface area contributed by atoms with Crippen molar-refractivity contribution in [1.82, 2.24) is 24.8 Å². The molecule has 5 rings (SSSR count). The van der Waals surface area contributed by atoms with Crippen LogP contribution >= 0.6 is 11.6 Å². The summed E-state index contributed by atoms with van der Waals surface area (Å²) in [6.45, 7) is 2.90. The fourth-order valence-corrected chi connectivity index (χ4v) is 4.41. The van der Waals surface area contributed by atoms with Gasteiger partial charge in [0.15, 0.2) is 17.1 Å². The largest absolute Gasteiger partial charge is 0.454 e. The molecule has 0 radical (unpaired) electrons. The lowest BCUT2D eigenvalue weighted by molar-refractivity contribution is -0.139. The number of hydrogen-bond acceptors (Lipinski definition) is 6. The Kier molecular flexibility index (Phi) is 4.70. The number of nitrogens with zero attached hydrogens (tertiary/aromatic N) is 5. The summed E-state index contributed by atoms with van der Waals surface area (Å²) in [4.78, 5) is 30.7. The second-order valence-electron chi connectivity index (χ2n) is 7.56. The Balaban J connectivity index is 1.39. The number of hydrogen-bond donors (Lipinski definition) is 0. The first-order valence-electron chi connectivity index (χ1n) is 9.92. The summed E-state index contributed by atoms with van der Waals surface area (Å²) in [6.07, 6.45) is 2.29. The Labute approximate surface area is 183 Å². The first-order chi connectivity index (χ1) is 14.9. The van der Waals surface area contributed by atoms with Gasteiger partial charge in [0.1, 0.15) is 0 Å². The van der Waals surface area contributed by atoms with Gasteiger partial charge >= 0.3 is 0 Å². The van der Waals surface area contributed by atoms with Crippen LogP contribution in [0.4, 0.5) is 0 Å². The van der Waals surface area contributed by atoms with E-state index in [2.05, 4.69) is 10.1 Å². The highest BCUT2D eigenvalue weighted by Gasteiger charge is 2.33. The minimum absolute atomic E-state index is 0.146. The van der Waals surface area contributed by atoms with E-state index in [0.717, 1.165) is 5.56 Å². The number of pyridine rings is 1. The normalized spacial score (nSPS) is 15.2. The lowest BCUT2D eigenvalue weighted by Crippen LogP contribution is -2.45. The maximum absolute atomic E-state index is 13.3. The molecule has 2 aromatic heterocycles. The van der Waals surface area contributed by atoms with Gasteiger partial charge < -0.3 is 9.47 Å². The fourth-order valence-electron chi connectivity index (χ4n) is 4.06. The molecule has 4 heterocycles. The highest BCUT2D eigenvalue weighted by Crippen LogP contribution is 2.33. The summed E-state index contributed by atoms with van der Waals surface area (Å²) < 4.78 is 12.3. The summed E-state index contributed by atoms with van der Waals surface area (Å²) in [5, 5.41) is 8.22. The molecule has 0 spiro atoms. The van der Waals surface area contributed by atoms with Crippen LogP contribution in [0.1, 0.15) is 28.0 Å². The molecule has 31 heavy (non-hydrogen) atoms. The summed E-state index contributed by atoms with van der Waals surface area (Å²) >= 11 is 6.57. The lowest BCUT2D eigenvalue weighted by Gasteiger charge is -2.28. The van der Waals surface area contributed by atoms with E-state index in [9.17, 15) is 9.59 Å². The van der Waals surface area contributed by atoms with Crippen molar-refractivity contribution < 1.29 is 19.1 Å². The first-order valence-corrected chi connectivity index (χ1v) is 10.3. The van der Waals surface area contributed by atoms with Crippen molar-refractivity contribution in [1.29, 1.82) is 0 Å². The zero-order valence-corrected chi connectivity index (χ0v) is 17.8. The zero-order valence-electron chi connectivity index (χ0n) is 17.1. The number of carbonyl (C=O) groups excluding carboxylic acids is 2. The molecular weight excluding hydrogens is 422 g/mol.